The van der Waals surface area contributed by atoms with Crippen LogP contribution in [0.2, 0.25) is 0 Å². The fourth-order valence-electron chi connectivity index (χ4n) is 4.56. The first kappa shape index (κ1) is 20.1. The molecule has 1 N–H and O–H groups in total. The average Bonchev–Trinajstić information content (AvgIpc) is 2.63. The summed E-state index contributed by atoms with van der Waals surface area (Å²) in [4.78, 5) is 0. The van der Waals surface area contributed by atoms with Crippen molar-refractivity contribution < 1.29 is 47.8 Å². The number of aromatic hydroxyl groups is 1. The molecule has 0 saturated heterocycles. The monoisotopic (exact) mass is 483 g/mol. The number of fused-ring (bicyclic) bond motifs is 2. The maximum atomic E-state index is 10.3. The molecule has 0 fully saturated rings. The van der Waals surface area contributed by atoms with Crippen LogP contribution in [0.15, 0.2) is 18.2 Å². The van der Waals surface area contributed by atoms with Crippen molar-refractivity contribution >= 4 is 0 Å². The first-order valence-electron chi connectivity index (χ1n) is 8.92. The number of phenols is 1. The van der Waals surface area contributed by atoms with Crippen molar-refractivity contribution in [1.29, 1.82) is 0 Å². The van der Waals surface area contributed by atoms with Crippen LogP contribution in [0.5, 0.6) is 23.0 Å². The molecule has 2 aromatic rings. The van der Waals surface area contributed by atoms with E-state index in [1.165, 1.54) is 11.1 Å². The first-order valence-corrected chi connectivity index (χ1v) is 8.92. The van der Waals surface area contributed by atoms with Crippen LogP contribution in [0.3, 0.4) is 0 Å². The van der Waals surface area contributed by atoms with E-state index >= 15 is 0 Å². The van der Waals surface area contributed by atoms with Crippen LogP contribution in [0, 0.1) is 0 Å². The Hall–Kier alpha value is -1.67. The Bertz CT molecular complexity index is 894. The number of methoxy groups -OCH3 is 3. The van der Waals surface area contributed by atoms with Gasteiger partial charge in [0.1, 0.15) is 6.04 Å². The number of ether oxygens (including phenoxy) is 3. The van der Waals surface area contributed by atoms with E-state index in [2.05, 4.69) is 20.2 Å². The van der Waals surface area contributed by atoms with E-state index in [1.54, 1.807) is 21.3 Å². The molecule has 0 radical (unpaired) electrons. The van der Waals surface area contributed by atoms with E-state index in [0.717, 1.165) is 52.1 Å². The van der Waals surface area contributed by atoms with Gasteiger partial charge in [0.25, 0.3) is 0 Å². The van der Waals surface area contributed by atoms with Gasteiger partial charge in [0.15, 0.2) is 23.0 Å². The number of nitrogens with zero attached hydrogens (tertiary/aromatic N) is 1. The summed E-state index contributed by atoms with van der Waals surface area (Å²) < 4.78 is 17.7. The molecule has 4 rings (SSSR count). The SMILES string of the molecule is COc1cc2c(cc1O)C[C@H]1c3c(cc(OC)c(OC)c3-2)CC[N+]1(C)C.[I-]. The van der Waals surface area contributed by atoms with Crippen LogP contribution in [-0.4, -0.2) is 51.6 Å². The Morgan fingerprint density at radius 3 is 2.30 bits per heavy atom. The standard InChI is InChI=1S/C21H25NO4.HI/c1-22(2)7-6-12-10-18(25-4)21(26-5)20-14-11-17(24-3)16(23)9-13(14)8-15(22)19(12)20;/h9-11,15H,6-8H2,1-5H3;1H/t15-;/m0./s1. The minimum atomic E-state index is 0. The summed E-state index contributed by atoms with van der Waals surface area (Å²) in [6.45, 7) is 1.07. The summed E-state index contributed by atoms with van der Waals surface area (Å²) in [5, 5.41) is 10.3. The predicted molar refractivity (Wildman–Crippen MR) is 100 cm³/mol. The molecule has 1 aliphatic carbocycles. The van der Waals surface area contributed by atoms with Crippen LogP contribution in [0.25, 0.3) is 11.1 Å². The Balaban J connectivity index is 0.00000210. The highest BCUT2D eigenvalue weighted by Gasteiger charge is 2.43. The van der Waals surface area contributed by atoms with Crippen molar-refractivity contribution in [3.63, 3.8) is 0 Å². The van der Waals surface area contributed by atoms with E-state index < -0.39 is 0 Å². The van der Waals surface area contributed by atoms with Gasteiger partial charge < -0.3 is 47.8 Å². The smallest absolute Gasteiger partial charge is 0.169 e. The van der Waals surface area contributed by atoms with E-state index in [9.17, 15) is 5.11 Å². The molecule has 27 heavy (non-hydrogen) atoms. The molecule has 0 spiro atoms. The van der Waals surface area contributed by atoms with E-state index in [4.69, 9.17) is 14.2 Å². The zero-order valence-electron chi connectivity index (χ0n) is 16.4. The number of quaternary nitrogens is 1. The molecule has 0 unspecified atom stereocenters. The third-order valence-corrected chi connectivity index (χ3v) is 6.02. The fourth-order valence-corrected chi connectivity index (χ4v) is 4.56. The van der Waals surface area contributed by atoms with Gasteiger partial charge >= 0.3 is 0 Å². The molecule has 0 bridgehead atoms. The third kappa shape index (κ3) is 2.93. The van der Waals surface area contributed by atoms with Gasteiger partial charge in [0, 0.05) is 24.0 Å². The lowest BCUT2D eigenvalue weighted by atomic mass is 9.75. The van der Waals surface area contributed by atoms with Gasteiger partial charge in [-0.1, -0.05) is 0 Å². The van der Waals surface area contributed by atoms with Crippen molar-refractivity contribution in [2.24, 2.45) is 0 Å². The van der Waals surface area contributed by atoms with Crippen molar-refractivity contribution in [3.8, 4) is 34.1 Å². The summed E-state index contributed by atoms with van der Waals surface area (Å²) in [6, 6.07) is 6.22. The first-order chi connectivity index (χ1) is 12.4. The van der Waals surface area contributed by atoms with Crippen molar-refractivity contribution in [1.82, 2.24) is 0 Å². The minimum Gasteiger partial charge on any atom is -1.00 e. The minimum absolute atomic E-state index is 0. The van der Waals surface area contributed by atoms with Gasteiger partial charge in [-0.15, -0.1) is 0 Å². The zero-order valence-corrected chi connectivity index (χ0v) is 18.6. The number of hydrogen-bond acceptors (Lipinski definition) is 4. The molecular weight excluding hydrogens is 457 g/mol. The van der Waals surface area contributed by atoms with E-state index in [-0.39, 0.29) is 29.7 Å². The highest BCUT2D eigenvalue weighted by atomic mass is 127. The van der Waals surface area contributed by atoms with Crippen LogP contribution in [0.1, 0.15) is 22.7 Å². The largest absolute Gasteiger partial charge is 1.00 e. The molecular formula is C21H26INO4. The topological polar surface area (TPSA) is 47.9 Å². The number of halogens is 1. The Labute approximate surface area is 177 Å². The van der Waals surface area contributed by atoms with Crippen molar-refractivity contribution in [3.05, 3.63) is 34.9 Å². The van der Waals surface area contributed by atoms with Gasteiger partial charge in [-0.05, 0) is 34.9 Å². The predicted octanol–water partition coefficient (Wildman–Crippen LogP) is 0.319. The van der Waals surface area contributed by atoms with Crippen LogP contribution >= 0.6 is 0 Å². The fraction of sp³-hybridized carbons (Fsp3) is 0.429. The average molecular weight is 483 g/mol. The summed E-state index contributed by atoms with van der Waals surface area (Å²) in [7, 11) is 9.50. The molecule has 1 atom stereocenters. The number of likely N-dealkylation sites (N-methyl/N-ethyl adjacent to an activating group) is 1. The lowest BCUT2D eigenvalue weighted by molar-refractivity contribution is -0.923. The van der Waals surface area contributed by atoms with E-state index in [1.807, 2.05) is 12.1 Å². The Kier molecular flexibility index (Phi) is 5.24. The summed E-state index contributed by atoms with van der Waals surface area (Å²) in [5.74, 6) is 2.17. The van der Waals surface area contributed by atoms with Gasteiger partial charge in [0.2, 0.25) is 0 Å². The molecule has 5 nitrogen and oxygen atoms in total. The molecule has 2 aliphatic rings. The highest BCUT2D eigenvalue weighted by Crippen LogP contribution is 2.54. The van der Waals surface area contributed by atoms with Gasteiger partial charge in [-0.2, -0.15) is 0 Å². The highest BCUT2D eigenvalue weighted by molar-refractivity contribution is 5.84. The van der Waals surface area contributed by atoms with Crippen LogP contribution in [0.4, 0.5) is 0 Å². The van der Waals surface area contributed by atoms with Gasteiger partial charge in [0.05, 0.1) is 42.0 Å². The normalized spacial score (nSPS) is 18.6. The zero-order chi connectivity index (χ0) is 18.6. The third-order valence-electron chi connectivity index (χ3n) is 6.02. The second-order valence-electron chi connectivity index (χ2n) is 7.71. The molecule has 0 amide bonds. The lowest BCUT2D eigenvalue weighted by Gasteiger charge is -2.46. The van der Waals surface area contributed by atoms with Crippen LogP contribution < -0.4 is 38.2 Å². The Morgan fingerprint density at radius 2 is 1.67 bits per heavy atom. The molecule has 6 heteroatoms. The van der Waals surface area contributed by atoms with Crippen molar-refractivity contribution in [2.75, 3.05) is 42.0 Å². The van der Waals surface area contributed by atoms with Crippen LogP contribution in [-0.2, 0) is 12.8 Å². The van der Waals surface area contributed by atoms with Crippen molar-refractivity contribution in [2.45, 2.75) is 18.9 Å². The second-order valence-corrected chi connectivity index (χ2v) is 7.71. The molecule has 0 aromatic heterocycles. The maximum absolute atomic E-state index is 10.3. The molecule has 1 aliphatic heterocycles. The quantitative estimate of drug-likeness (QED) is 0.505. The molecule has 1 heterocycles. The maximum Gasteiger partial charge on any atom is 0.169 e. The number of hydrogen-bond donors (Lipinski definition) is 1. The summed E-state index contributed by atoms with van der Waals surface area (Å²) in [5.41, 5.74) is 5.94. The summed E-state index contributed by atoms with van der Waals surface area (Å²) in [6.07, 6.45) is 1.89. The van der Waals surface area contributed by atoms with E-state index in [0.29, 0.717) is 11.8 Å². The van der Waals surface area contributed by atoms with Gasteiger partial charge in [-0.3, -0.25) is 0 Å². The molecule has 0 saturated carbocycles. The van der Waals surface area contributed by atoms with Gasteiger partial charge in [-0.25, -0.2) is 0 Å². The number of benzene rings is 2. The second kappa shape index (κ2) is 7.05. The molecule has 146 valence electrons. The number of rotatable bonds is 3. The number of phenolic OH excluding ortho intramolecular Hbond substituents is 1. The Morgan fingerprint density at radius 1 is 0.963 bits per heavy atom. The lowest BCUT2D eigenvalue weighted by Crippen LogP contribution is -3.00. The summed E-state index contributed by atoms with van der Waals surface area (Å²) >= 11 is 0. The molecule has 2 aromatic carbocycles.